The number of carboxylic acids is 1. The number of benzene rings is 1. The monoisotopic (exact) mass is 257 g/mol. The van der Waals surface area contributed by atoms with Crippen molar-refractivity contribution in [1.82, 2.24) is 9.88 Å². The van der Waals surface area contributed by atoms with Gasteiger partial charge in [-0.05, 0) is 5.56 Å². The average Bonchev–Trinajstić information content (AvgIpc) is 2.81. The smallest absolute Gasteiger partial charge is 0.354 e. The van der Waals surface area contributed by atoms with Gasteiger partial charge in [-0.3, -0.25) is 0 Å². The molecule has 2 N–H and O–H groups in total. The number of H-pyrrole nitrogens is 1. The highest BCUT2D eigenvalue weighted by Crippen LogP contribution is 2.33. The van der Waals surface area contributed by atoms with E-state index in [4.69, 9.17) is 0 Å². The van der Waals surface area contributed by atoms with E-state index in [1.54, 1.807) is 17.4 Å². The lowest BCUT2D eigenvalue weighted by molar-refractivity contribution is 0.0692. The van der Waals surface area contributed by atoms with Crippen LogP contribution >= 0.6 is 0 Å². The Hall–Kier alpha value is -2.56. The number of carbonyl (C=O) groups is 1. The molecular formula is C14H15N3O2. The second-order valence-corrected chi connectivity index (χ2v) is 4.31. The first-order valence-electron chi connectivity index (χ1n) is 5.80. The van der Waals surface area contributed by atoms with Crippen LogP contribution in [-0.2, 0) is 0 Å². The summed E-state index contributed by atoms with van der Waals surface area (Å²) in [5.74, 6) is -1.02. The van der Waals surface area contributed by atoms with Crippen LogP contribution in [0.5, 0.6) is 0 Å². The van der Waals surface area contributed by atoms with Gasteiger partial charge in [-0.25, -0.2) is 9.79 Å². The van der Waals surface area contributed by atoms with Crippen molar-refractivity contribution < 1.29 is 9.90 Å². The van der Waals surface area contributed by atoms with Crippen molar-refractivity contribution in [3.63, 3.8) is 0 Å². The van der Waals surface area contributed by atoms with E-state index >= 15 is 0 Å². The predicted molar refractivity (Wildman–Crippen MR) is 75.0 cm³/mol. The van der Waals surface area contributed by atoms with Crippen LogP contribution in [-0.4, -0.2) is 41.4 Å². The van der Waals surface area contributed by atoms with Gasteiger partial charge in [0, 0.05) is 25.9 Å². The van der Waals surface area contributed by atoms with Gasteiger partial charge in [-0.1, -0.05) is 30.3 Å². The molecule has 2 rings (SSSR count). The summed E-state index contributed by atoms with van der Waals surface area (Å²) >= 11 is 0. The van der Waals surface area contributed by atoms with Gasteiger partial charge in [0.2, 0.25) is 0 Å². The van der Waals surface area contributed by atoms with E-state index in [9.17, 15) is 9.90 Å². The van der Waals surface area contributed by atoms with E-state index in [0.29, 0.717) is 5.69 Å². The van der Waals surface area contributed by atoms with Crippen LogP contribution in [0.3, 0.4) is 0 Å². The molecule has 1 heterocycles. The van der Waals surface area contributed by atoms with Crippen LogP contribution in [0.1, 0.15) is 10.5 Å². The SMILES string of the molecule is CN(C)C=Nc1c(-c2ccccc2)c[nH]c1C(=O)O. The summed E-state index contributed by atoms with van der Waals surface area (Å²) in [4.78, 5) is 20.0. The molecule has 0 unspecified atom stereocenters. The number of aromatic carboxylic acids is 1. The maximum absolute atomic E-state index is 11.2. The predicted octanol–water partition coefficient (Wildman–Crippen LogP) is 2.60. The first-order valence-corrected chi connectivity index (χ1v) is 5.80. The third-order valence-corrected chi connectivity index (χ3v) is 2.57. The van der Waals surface area contributed by atoms with Gasteiger partial charge in [0.15, 0.2) is 5.69 Å². The normalized spacial score (nSPS) is 10.8. The molecule has 0 aliphatic carbocycles. The van der Waals surface area contributed by atoms with Crippen molar-refractivity contribution in [2.75, 3.05) is 14.1 Å². The first kappa shape index (κ1) is 12.9. The number of rotatable bonds is 4. The maximum atomic E-state index is 11.2. The van der Waals surface area contributed by atoms with Crippen molar-refractivity contribution in [3.8, 4) is 11.1 Å². The van der Waals surface area contributed by atoms with Gasteiger partial charge < -0.3 is 15.0 Å². The number of hydrogen-bond acceptors (Lipinski definition) is 2. The quantitative estimate of drug-likeness (QED) is 0.653. The van der Waals surface area contributed by atoms with Crippen LogP contribution in [0, 0.1) is 0 Å². The second-order valence-electron chi connectivity index (χ2n) is 4.31. The fraction of sp³-hybridized carbons (Fsp3) is 0.143. The summed E-state index contributed by atoms with van der Waals surface area (Å²) < 4.78 is 0. The number of hydrogen-bond donors (Lipinski definition) is 2. The topological polar surface area (TPSA) is 68.7 Å². The highest BCUT2D eigenvalue weighted by molar-refractivity contribution is 5.97. The number of nitrogens with zero attached hydrogens (tertiary/aromatic N) is 2. The lowest BCUT2D eigenvalue weighted by Crippen LogP contribution is -2.07. The molecule has 1 aromatic carbocycles. The van der Waals surface area contributed by atoms with Crippen LogP contribution in [0.15, 0.2) is 41.5 Å². The molecule has 5 heteroatoms. The molecule has 0 fully saturated rings. The Morgan fingerprint density at radius 2 is 2.00 bits per heavy atom. The third kappa shape index (κ3) is 2.82. The molecule has 0 aliphatic rings. The van der Waals surface area contributed by atoms with Gasteiger partial charge in [-0.2, -0.15) is 0 Å². The highest BCUT2D eigenvalue weighted by Gasteiger charge is 2.17. The van der Waals surface area contributed by atoms with Crippen molar-refractivity contribution in [1.29, 1.82) is 0 Å². The molecule has 0 spiro atoms. The third-order valence-electron chi connectivity index (χ3n) is 2.57. The van der Waals surface area contributed by atoms with Crippen LogP contribution in [0.4, 0.5) is 5.69 Å². The molecule has 0 atom stereocenters. The Morgan fingerprint density at radius 1 is 1.32 bits per heavy atom. The molecule has 19 heavy (non-hydrogen) atoms. The molecule has 0 bridgehead atoms. The van der Waals surface area contributed by atoms with Crippen LogP contribution in [0.2, 0.25) is 0 Å². The number of aliphatic imine (C=N–C) groups is 1. The summed E-state index contributed by atoms with van der Waals surface area (Å²) in [6.07, 6.45) is 3.25. The minimum absolute atomic E-state index is 0.0944. The average molecular weight is 257 g/mol. The van der Waals surface area contributed by atoms with E-state index in [2.05, 4.69) is 9.98 Å². The lowest BCUT2D eigenvalue weighted by atomic mass is 10.1. The van der Waals surface area contributed by atoms with Crippen molar-refractivity contribution in [2.45, 2.75) is 0 Å². The fourth-order valence-corrected chi connectivity index (χ4v) is 1.72. The minimum atomic E-state index is -1.02. The molecule has 5 nitrogen and oxygen atoms in total. The van der Waals surface area contributed by atoms with Crippen molar-refractivity contribution in [3.05, 3.63) is 42.2 Å². The molecule has 0 saturated carbocycles. The van der Waals surface area contributed by atoms with E-state index in [0.717, 1.165) is 11.1 Å². The Balaban J connectivity index is 2.53. The zero-order chi connectivity index (χ0) is 13.8. The van der Waals surface area contributed by atoms with Gasteiger partial charge in [0.1, 0.15) is 5.69 Å². The Labute approximate surface area is 111 Å². The summed E-state index contributed by atoms with van der Waals surface area (Å²) in [6.45, 7) is 0. The number of nitrogens with one attached hydrogen (secondary N) is 1. The number of aromatic amines is 1. The minimum Gasteiger partial charge on any atom is -0.477 e. The second kappa shape index (κ2) is 5.39. The van der Waals surface area contributed by atoms with Gasteiger partial charge >= 0.3 is 5.97 Å². The Bertz CT molecular complexity index is 600. The van der Waals surface area contributed by atoms with Crippen molar-refractivity contribution in [2.24, 2.45) is 4.99 Å². The Morgan fingerprint density at radius 3 is 2.58 bits per heavy atom. The van der Waals surface area contributed by atoms with Gasteiger partial charge in [0.25, 0.3) is 0 Å². The van der Waals surface area contributed by atoms with E-state index in [1.807, 2.05) is 44.4 Å². The molecule has 0 radical (unpaired) electrons. The molecule has 0 amide bonds. The summed E-state index contributed by atoms with van der Waals surface area (Å²) in [7, 11) is 3.66. The lowest BCUT2D eigenvalue weighted by Gasteiger charge is -2.04. The maximum Gasteiger partial charge on any atom is 0.354 e. The van der Waals surface area contributed by atoms with Crippen molar-refractivity contribution >= 4 is 18.0 Å². The number of aromatic nitrogens is 1. The summed E-state index contributed by atoms with van der Waals surface area (Å²) in [5.41, 5.74) is 2.23. The molecule has 0 saturated heterocycles. The van der Waals surface area contributed by atoms with Crippen LogP contribution < -0.4 is 0 Å². The number of carboxylic acid groups (broad SMARTS) is 1. The van der Waals surface area contributed by atoms with E-state index < -0.39 is 5.97 Å². The van der Waals surface area contributed by atoms with Crippen LogP contribution in [0.25, 0.3) is 11.1 Å². The zero-order valence-corrected chi connectivity index (χ0v) is 10.8. The first-order chi connectivity index (χ1) is 9.09. The largest absolute Gasteiger partial charge is 0.477 e. The standard InChI is InChI=1S/C14H15N3O2/c1-17(2)9-16-12-11(8-15-13(12)14(18)19)10-6-4-3-5-7-10/h3-9,15H,1-2H3,(H,18,19). The molecule has 1 aromatic heterocycles. The highest BCUT2D eigenvalue weighted by atomic mass is 16.4. The molecular weight excluding hydrogens is 242 g/mol. The van der Waals surface area contributed by atoms with E-state index in [-0.39, 0.29) is 5.69 Å². The molecule has 98 valence electrons. The fourth-order valence-electron chi connectivity index (χ4n) is 1.72. The van der Waals surface area contributed by atoms with Gasteiger partial charge in [0.05, 0.1) is 6.34 Å². The zero-order valence-electron chi connectivity index (χ0n) is 10.8. The summed E-state index contributed by atoms with van der Waals surface area (Å²) in [5, 5.41) is 9.17. The van der Waals surface area contributed by atoms with Gasteiger partial charge in [-0.15, -0.1) is 0 Å². The summed E-state index contributed by atoms with van der Waals surface area (Å²) in [6, 6.07) is 9.56. The molecule has 2 aromatic rings. The molecule has 0 aliphatic heterocycles. The van der Waals surface area contributed by atoms with E-state index in [1.165, 1.54) is 0 Å². The Kier molecular flexibility index (Phi) is 3.66.